The topological polar surface area (TPSA) is 98.7 Å². The van der Waals surface area contributed by atoms with Crippen molar-refractivity contribution in [1.29, 1.82) is 0 Å². The molecular formula is C14H25N3O4. The monoisotopic (exact) mass is 299 g/mol. The van der Waals surface area contributed by atoms with Gasteiger partial charge in [-0.1, -0.05) is 6.92 Å². The maximum Gasteiger partial charge on any atom is 0.315 e. The highest BCUT2D eigenvalue weighted by atomic mass is 16.4. The van der Waals surface area contributed by atoms with Gasteiger partial charge in [0.05, 0.1) is 5.92 Å². The predicted octanol–water partition coefficient (Wildman–Crippen LogP) is 0.797. The Morgan fingerprint density at radius 2 is 1.76 bits per heavy atom. The Morgan fingerprint density at radius 1 is 1.14 bits per heavy atom. The zero-order valence-electron chi connectivity index (χ0n) is 12.7. The molecule has 3 N–H and O–H groups in total. The molecule has 1 fully saturated rings. The molecule has 0 saturated carbocycles. The first-order valence-corrected chi connectivity index (χ1v) is 7.47. The van der Waals surface area contributed by atoms with E-state index in [1.54, 1.807) is 18.7 Å². The Hall–Kier alpha value is -1.79. The van der Waals surface area contributed by atoms with Crippen LogP contribution < -0.4 is 10.6 Å². The van der Waals surface area contributed by atoms with Crippen LogP contribution in [-0.4, -0.2) is 53.6 Å². The molecule has 120 valence electrons. The van der Waals surface area contributed by atoms with Crippen LogP contribution in [0.1, 0.15) is 39.5 Å². The average molecular weight is 299 g/mol. The number of hydrogen-bond acceptors (Lipinski definition) is 3. The van der Waals surface area contributed by atoms with Gasteiger partial charge in [0, 0.05) is 19.6 Å². The molecular weight excluding hydrogens is 274 g/mol. The fourth-order valence-corrected chi connectivity index (χ4v) is 2.22. The fraction of sp³-hybridized carbons (Fsp3) is 0.786. The smallest absolute Gasteiger partial charge is 0.315 e. The van der Waals surface area contributed by atoms with Gasteiger partial charge in [0.1, 0.15) is 6.04 Å². The highest BCUT2D eigenvalue weighted by Crippen LogP contribution is 2.09. The summed E-state index contributed by atoms with van der Waals surface area (Å²) in [6.45, 7) is 5.02. The normalized spacial score (nSPS) is 17.7. The Morgan fingerprint density at radius 3 is 2.33 bits per heavy atom. The van der Waals surface area contributed by atoms with E-state index in [1.165, 1.54) is 0 Å². The summed E-state index contributed by atoms with van der Waals surface area (Å²) in [6, 6.07) is -1.01. The Kier molecular flexibility index (Phi) is 6.98. The molecule has 0 aromatic carbocycles. The Balaban J connectivity index is 2.26. The molecule has 1 rings (SSSR count). The number of carboxylic acid groups (broad SMARTS) is 1. The Bertz CT molecular complexity index is 380. The Labute approximate surface area is 125 Å². The van der Waals surface area contributed by atoms with E-state index < -0.39 is 24.0 Å². The zero-order chi connectivity index (χ0) is 15.8. The number of likely N-dealkylation sites (tertiary alicyclic amines) is 1. The summed E-state index contributed by atoms with van der Waals surface area (Å²) >= 11 is 0. The highest BCUT2D eigenvalue weighted by Gasteiger charge is 2.23. The molecule has 2 unspecified atom stereocenters. The van der Waals surface area contributed by atoms with Crippen LogP contribution in [0.3, 0.4) is 0 Å². The van der Waals surface area contributed by atoms with Crippen LogP contribution in [0.2, 0.25) is 0 Å². The van der Waals surface area contributed by atoms with Crippen molar-refractivity contribution in [1.82, 2.24) is 15.5 Å². The molecule has 0 aromatic heterocycles. The van der Waals surface area contributed by atoms with Crippen molar-refractivity contribution in [3.63, 3.8) is 0 Å². The minimum Gasteiger partial charge on any atom is -0.481 e. The second-order valence-corrected chi connectivity index (χ2v) is 5.54. The average Bonchev–Trinajstić information content (AvgIpc) is 2.46. The van der Waals surface area contributed by atoms with Gasteiger partial charge in [-0.3, -0.25) is 9.59 Å². The van der Waals surface area contributed by atoms with Crippen LogP contribution in [0.4, 0.5) is 4.79 Å². The maximum absolute atomic E-state index is 12.1. The van der Waals surface area contributed by atoms with Crippen molar-refractivity contribution in [2.24, 2.45) is 5.92 Å². The number of nitrogens with zero attached hydrogens (tertiary/aromatic N) is 1. The minimum absolute atomic E-state index is 0.0660. The molecule has 3 amide bonds. The molecule has 0 aromatic rings. The van der Waals surface area contributed by atoms with Crippen LogP contribution >= 0.6 is 0 Å². The number of nitrogens with one attached hydrogen (secondary N) is 2. The van der Waals surface area contributed by atoms with Gasteiger partial charge >= 0.3 is 12.0 Å². The first-order chi connectivity index (χ1) is 9.91. The molecule has 1 aliphatic heterocycles. The second-order valence-electron chi connectivity index (χ2n) is 5.54. The van der Waals surface area contributed by atoms with E-state index >= 15 is 0 Å². The molecule has 0 radical (unpaired) electrons. The van der Waals surface area contributed by atoms with Crippen molar-refractivity contribution in [2.75, 3.05) is 19.6 Å². The molecule has 1 saturated heterocycles. The van der Waals surface area contributed by atoms with Crippen LogP contribution in [0.25, 0.3) is 0 Å². The molecule has 0 bridgehead atoms. The summed E-state index contributed by atoms with van der Waals surface area (Å²) in [5.74, 6) is -1.45. The number of hydrogen-bond donors (Lipinski definition) is 3. The van der Waals surface area contributed by atoms with Gasteiger partial charge in [0.25, 0.3) is 0 Å². The quantitative estimate of drug-likeness (QED) is 0.675. The standard InChI is InChI=1S/C14H25N3O4/c1-10(13(19)20)6-7-15-14(21)16-11(2)12(18)17-8-4-3-5-9-17/h10-11H,3-9H2,1-2H3,(H,19,20)(H2,15,16,21). The van der Waals surface area contributed by atoms with E-state index in [0.29, 0.717) is 6.42 Å². The van der Waals surface area contributed by atoms with Crippen molar-refractivity contribution in [3.8, 4) is 0 Å². The summed E-state index contributed by atoms with van der Waals surface area (Å²) in [5, 5.41) is 13.9. The summed E-state index contributed by atoms with van der Waals surface area (Å²) in [7, 11) is 0. The van der Waals surface area contributed by atoms with Gasteiger partial charge in [-0.05, 0) is 32.6 Å². The van der Waals surface area contributed by atoms with Gasteiger partial charge in [-0.15, -0.1) is 0 Å². The first-order valence-electron chi connectivity index (χ1n) is 7.47. The number of aliphatic carboxylic acids is 1. The van der Waals surface area contributed by atoms with E-state index in [1.807, 2.05) is 0 Å². The van der Waals surface area contributed by atoms with Crippen LogP contribution in [0.15, 0.2) is 0 Å². The lowest BCUT2D eigenvalue weighted by Gasteiger charge is -2.29. The first kappa shape index (κ1) is 17.3. The lowest BCUT2D eigenvalue weighted by atomic mass is 10.1. The lowest BCUT2D eigenvalue weighted by molar-refractivity contribution is -0.141. The fourth-order valence-electron chi connectivity index (χ4n) is 2.22. The van der Waals surface area contributed by atoms with Gasteiger partial charge in [-0.25, -0.2) is 4.79 Å². The maximum atomic E-state index is 12.1. The van der Waals surface area contributed by atoms with Crippen molar-refractivity contribution in [3.05, 3.63) is 0 Å². The molecule has 1 heterocycles. The minimum atomic E-state index is -0.883. The molecule has 1 aliphatic rings. The number of amides is 3. The highest BCUT2D eigenvalue weighted by molar-refractivity contribution is 5.86. The largest absolute Gasteiger partial charge is 0.481 e. The number of carboxylic acids is 1. The third kappa shape index (κ3) is 6.01. The van der Waals surface area contributed by atoms with Gasteiger partial charge < -0.3 is 20.6 Å². The van der Waals surface area contributed by atoms with E-state index in [-0.39, 0.29) is 12.5 Å². The van der Waals surface area contributed by atoms with Gasteiger partial charge in [-0.2, -0.15) is 0 Å². The summed E-state index contributed by atoms with van der Waals surface area (Å²) in [6.07, 6.45) is 3.53. The van der Waals surface area contributed by atoms with Crippen LogP contribution in [0, 0.1) is 5.92 Å². The number of carbonyl (C=O) groups is 3. The van der Waals surface area contributed by atoms with Crippen molar-refractivity contribution in [2.45, 2.75) is 45.6 Å². The lowest BCUT2D eigenvalue weighted by Crippen LogP contribution is -2.51. The van der Waals surface area contributed by atoms with Gasteiger partial charge in [0.15, 0.2) is 0 Å². The third-order valence-electron chi connectivity index (χ3n) is 3.67. The summed E-state index contributed by atoms with van der Waals surface area (Å²) in [4.78, 5) is 36.2. The number of urea groups is 1. The molecule has 7 nitrogen and oxygen atoms in total. The summed E-state index contributed by atoms with van der Waals surface area (Å²) in [5.41, 5.74) is 0. The molecule has 0 aliphatic carbocycles. The third-order valence-corrected chi connectivity index (χ3v) is 3.67. The molecule has 0 spiro atoms. The predicted molar refractivity (Wildman–Crippen MR) is 77.8 cm³/mol. The summed E-state index contributed by atoms with van der Waals surface area (Å²) < 4.78 is 0. The van der Waals surface area contributed by atoms with Gasteiger partial charge in [0.2, 0.25) is 5.91 Å². The van der Waals surface area contributed by atoms with Crippen molar-refractivity contribution >= 4 is 17.9 Å². The van der Waals surface area contributed by atoms with E-state index in [0.717, 1.165) is 32.4 Å². The molecule has 2 atom stereocenters. The second kappa shape index (κ2) is 8.49. The zero-order valence-corrected chi connectivity index (χ0v) is 12.7. The van der Waals surface area contributed by atoms with Crippen LogP contribution in [-0.2, 0) is 9.59 Å². The number of rotatable bonds is 6. The molecule has 7 heteroatoms. The number of carbonyl (C=O) groups excluding carboxylic acids is 2. The van der Waals surface area contributed by atoms with E-state index in [2.05, 4.69) is 10.6 Å². The van der Waals surface area contributed by atoms with E-state index in [4.69, 9.17) is 5.11 Å². The van der Waals surface area contributed by atoms with Crippen molar-refractivity contribution < 1.29 is 19.5 Å². The SMILES string of the molecule is CC(CCNC(=O)NC(C)C(=O)N1CCCCC1)C(=O)O. The number of piperidine rings is 1. The van der Waals surface area contributed by atoms with E-state index in [9.17, 15) is 14.4 Å². The molecule has 21 heavy (non-hydrogen) atoms. The van der Waals surface area contributed by atoms with Crippen LogP contribution in [0.5, 0.6) is 0 Å².